The van der Waals surface area contributed by atoms with Crippen molar-refractivity contribution in [3.63, 3.8) is 0 Å². The molecule has 0 aliphatic rings. The van der Waals surface area contributed by atoms with Crippen molar-refractivity contribution in [1.82, 2.24) is 4.72 Å². The van der Waals surface area contributed by atoms with E-state index in [1.807, 2.05) is 24.3 Å². The number of rotatable bonds is 4. The third-order valence-corrected chi connectivity index (χ3v) is 3.61. The van der Waals surface area contributed by atoms with Crippen molar-refractivity contribution < 1.29 is 0 Å². The molecule has 0 aliphatic heterocycles. The normalized spacial score (nSPS) is 10.8. The average Bonchev–Trinajstić information content (AvgIpc) is 2.38. The van der Waals surface area contributed by atoms with E-state index in [4.69, 9.17) is 5.73 Å². The first kappa shape index (κ1) is 13.0. The summed E-state index contributed by atoms with van der Waals surface area (Å²) in [5.74, 6) is 0. The predicted octanol–water partition coefficient (Wildman–Crippen LogP) is 3.94. The molecular formula is C15H18N2S. The van der Waals surface area contributed by atoms with Crippen LogP contribution in [0.3, 0.4) is 0 Å². The molecule has 0 heterocycles. The minimum absolute atomic E-state index is 0.478. The highest BCUT2D eigenvalue weighted by Gasteiger charge is 1.99. The van der Waals surface area contributed by atoms with Crippen LogP contribution in [0.5, 0.6) is 0 Å². The van der Waals surface area contributed by atoms with Crippen LogP contribution in [-0.4, -0.2) is 6.04 Å². The van der Waals surface area contributed by atoms with Crippen molar-refractivity contribution in [2.45, 2.75) is 24.8 Å². The standard InChI is InChI=1S/C15H18N2S/c1-11(2)17-18-15-9-5-13(6-10-15)12-3-7-14(16)8-4-12/h3-11,17H,16H2,1-2H3. The maximum atomic E-state index is 5.69. The summed E-state index contributed by atoms with van der Waals surface area (Å²) >= 11 is 1.66. The predicted molar refractivity (Wildman–Crippen MR) is 80.4 cm³/mol. The highest BCUT2D eigenvalue weighted by molar-refractivity contribution is 7.97. The van der Waals surface area contributed by atoms with Crippen molar-refractivity contribution in [1.29, 1.82) is 0 Å². The number of benzene rings is 2. The molecular weight excluding hydrogens is 240 g/mol. The summed E-state index contributed by atoms with van der Waals surface area (Å²) in [5.41, 5.74) is 8.89. The van der Waals surface area contributed by atoms with Crippen LogP contribution in [0, 0.1) is 0 Å². The number of nitrogen functional groups attached to an aromatic ring is 1. The summed E-state index contributed by atoms with van der Waals surface area (Å²) in [6.07, 6.45) is 0. The van der Waals surface area contributed by atoms with Gasteiger partial charge in [0.15, 0.2) is 0 Å². The number of hydrogen-bond acceptors (Lipinski definition) is 3. The first-order valence-electron chi connectivity index (χ1n) is 6.03. The van der Waals surface area contributed by atoms with Gasteiger partial charge in [-0.1, -0.05) is 24.3 Å². The summed E-state index contributed by atoms with van der Waals surface area (Å²) in [6.45, 7) is 4.27. The van der Waals surface area contributed by atoms with Gasteiger partial charge in [-0.25, -0.2) is 0 Å². The molecule has 0 spiro atoms. The molecule has 0 saturated carbocycles. The summed E-state index contributed by atoms with van der Waals surface area (Å²) in [6, 6.07) is 17.0. The summed E-state index contributed by atoms with van der Waals surface area (Å²) < 4.78 is 3.33. The highest BCUT2D eigenvalue weighted by Crippen LogP contribution is 2.23. The van der Waals surface area contributed by atoms with Gasteiger partial charge >= 0.3 is 0 Å². The van der Waals surface area contributed by atoms with Crippen LogP contribution in [-0.2, 0) is 0 Å². The zero-order valence-corrected chi connectivity index (χ0v) is 11.5. The lowest BCUT2D eigenvalue weighted by atomic mass is 10.1. The Hall–Kier alpha value is -1.45. The molecule has 0 aliphatic carbocycles. The van der Waals surface area contributed by atoms with E-state index >= 15 is 0 Å². The minimum atomic E-state index is 0.478. The Bertz CT molecular complexity index is 489. The molecule has 18 heavy (non-hydrogen) atoms. The molecule has 3 N–H and O–H groups in total. The second-order valence-electron chi connectivity index (χ2n) is 4.52. The summed E-state index contributed by atoms with van der Waals surface area (Å²) in [4.78, 5) is 1.22. The molecule has 3 heteroatoms. The Balaban J connectivity index is 2.09. The maximum Gasteiger partial charge on any atom is 0.0314 e. The lowest BCUT2D eigenvalue weighted by molar-refractivity contribution is 0.771. The van der Waals surface area contributed by atoms with Crippen LogP contribution >= 0.6 is 11.9 Å². The van der Waals surface area contributed by atoms with Gasteiger partial charge in [-0.15, -0.1) is 0 Å². The van der Waals surface area contributed by atoms with Crippen molar-refractivity contribution >= 4 is 17.6 Å². The molecule has 2 aromatic rings. The summed E-state index contributed by atoms with van der Waals surface area (Å²) in [5, 5.41) is 0. The second kappa shape index (κ2) is 5.94. The van der Waals surface area contributed by atoms with Gasteiger partial charge in [-0.3, -0.25) is 4.72 Å². The zero-order valence-electron chi connectivity index (χ0n) is 10.7. The van der Waals surface area contributed by atoms with Crippen molar-refractivity contribution in [2.75, 3.05) is 5.73 Å². The van der Waals surface area contributed by atoms with Gasteiger partial charge in [-0.05, 0) is 61.2 Å². The Morgan fingerprint density at radius 2 is 1.39 bits per heavy atom. The molecule has 0 bridgehead atoms. The van der Waals surface area contributed by atoms with E-state index in [0.29, 0.717) is 6.04 Å². The fourth-order valence-corrected chi connectivity index (χ4v) is 2.22. The van der Waals surface area contributed by atoms with Crippen molar-refractivity contribution in [3.05, 3.63) is 48.5 Å². The fraction of sp³-hybridized carbons (Fsp3) is 0.200. The minimum Gasteiger partial charge on any atom is -0.399 e. The van der Waals surface area contributed by atoms with E-state index in [1.165, 1.54) is 16.0 Å². The van der Waals surface area contributed by atoms with Gasteiger partial charge in [0.05, 0.1) is 0 Å². The zero-order chi connectivity index (χ0) is 13.0. The molecule has 2 aromatic carbocycles. The van der Waals surface area contributed by atoms with Gasteiger partial charge in [0.25, 0.3) is 0 Å². The monoisotopic (exact) mass is 258 g/mol. The molecule has 0 radical (unpaired) electrons. The number of hydrogen-bond donors (Lipinski definition) is 2. The van der Waals surface area contributed by atoms with Crippen LogP contribution in [0.1, 0.15) is 13.8 Å². The smallest absolute Gasteiger partial charge is 0.0314 e. The van der Waals surface area contributed by atoms with Crippen LogP contribution in [0.15, 0.2) is 53.4 Å². The average molecular weight is 258 g/mol. The van der Waals surface area contributed by atoms with Gasteiger partial charge in [-0.2, -0.15) is 0 Å². The molecule has 2 nitrogen and oxygen atoms in total. The number of nitrogens with two attached hydrogens (primary N) is 1. The number of anilines is 1. The Morgan fingerprint density at radius 1 is 0.889 bits per heavy atom. The third kappa shape index (κ3) is 3.52. The van der Waals surface area contributed by atoms with Crippen LogP contribution < -0.4 is 10.5 Å². The van der Waals surface area contributed by atoms with Crippen LogP contribution in [0.25, 0.3) is 11.1 Å². The highest BCUT2D eigenvalue weighted by atomic mass is 32.2. The van der Waals surface area contributed by atoms with Gasteiger partial charge < -0.3 is 5.73 Å². The third-order valence-electron chi connectivity index (χ3n) is 2.51. The van der Waals surface area contributed by atoms with E-state index in [2.05, 4.69) is 42.8 Å². The Morgan fingerprint density at radius 3 is 1.89 bits per heavy atom. The SMILES string of the molecule is CC(C)NSc1ccc(-c2ccc(N)cc2)cc1. The van der Waals surface area contributed by atoms with Crippen LogP contribution in [0.4, 0.5) is 5.69 Å². The van der Waals surface area contributed by atoms with Crippen LogP contribution in [0.2, 0.25) is 0 Å². The van der Waals surface area contributed by atoms with Crippen molar-refractivity contribution in [3.8, 4) is 11.1 Å². The molecule has 0 fully saturated rings. The quantitative estimate of drug-likeness (QED) is 0.644. The Kier molecular flexibility index (Phi) is 4.28. The molecule has 94 valence electrons. The maximum absolute atomic E-state index is 5.69. The molecule has 0 aromatic heterocycles. The van der Waals surface area contributed by atoms with Gasteiger partial charge in [0.1, 0.15) is 0 Å². The van der Waals surface area contributed by atoms with E-state index < -0.39 is 0 Å². The molecule has 0 amide bonds. The first-order chi connectivity index (χ1) is 8.65. The summed E-state index contributed by atoms with van der Waals surface area (Å²) in [7, 11) is 0. The van der Waals surface area contributed by atoms with E-state index in [9.17, 15) is 0 Å². The van der Waals surface area contributed by atoms with Gasteiger partial charge in [0.2, 0.25) is 0 Å². The van der Waals surface area contributed by atoms with Gasteiger partial charge in [0, 0.05) is 16.6 Å². The molecule has 2 rings (SSSR count). The lowest BCUT2D eigenvalue weighted by Crippen LogP contribution is -2.13. The fourth-order valence-electron chi connectivity index (χ4n) is 1.58. The second-order valence-corrected chi connectivity index (χ2v) is 5.43. The van der Waals surface area contributed by atoms with E-state index in [-0.39, 0.29) is 0 Å². The van der Waals surface area contributed by atoms with Crippen molar-refractivity contribution in [2.24, 2.45) is 0 Å². The number of nitrogens with one attached hydrogen (secondary N) is 1. The largest absolute Gasteiger partial charge is 0.399 e. The van der Waals surface area contributed by atoms with E-state index in [0.717, 1.165) is 5.69 Å². The van der Waals surface area contributed by atoms with E-state index in [1.54, 1.807) is 11.9 Å². The molecule has 0 unspecified atom stereocenters. The molecule has 0 saturated heterocycles. The first-order valence-corrected chi connectivity index (χ1v) is 6.85. The Labute approximate surface area is 113 Å². The lowest BCUT2D eigenvalue weighted by Gasteiger charge is -2.08. The topological polar surface area (TPSA) is 38.0 Å². The molecule has 0 atom stereocenters.